The molecule has 15 nitrogen and oxygen atoms in total. The van der Waals surface area contributed by atoms with Crippen LogP contribution in [-0.4, -0.2) is 131 Å². The van der Waals surface area contributed by atoms with Crippen LogP contribution in [0, 0.1) is 13.8 Å². The molecule has 2 aliphatic heterocycles. The van der Waals surface area contributed by atoms with E-state index in [9.17, 15) is 23.2 Å². The van der Waals surface area contributed by atoms with Crippen molar-refractivity contribution in [3.63, 3.8) is 0 Å². The normalized spacial score (nSPS) is 14.7. The molecule has 2 N–H and O–H groups in total. The third kappa shape index (κ3) is 10.9. The molecule has 0 aliphatic carbocycles. The number of nitrogens with two attached hydrogens (primary N) is 1. The molecule has 0 saturated carbocycles. The van der Waals surface area contributed by atoms with E-state index in [1.165, 1.54) is 12.4 Å². The minimum atomic E-state index is -2.83. The number of nitrogens with zero attached hydrogens (tertiary/aromatic N) is 10. The second-order valence-electron chi connectivity index (χ2n) is 14.8. The van der Waals surface area contributed by atoms with Crippen LogP contribution in [0.5, 0.6) is 0 Å². The predicted molar refractivity (Wildman–Crippen MR) is 224 cm³/mol. The Kier molecular flexibility index (Phi) is 14.6. The summed E-state index contributed by atoms with van der Waals surface area (Å²) >= 11 is 0. The van der Waals surface area contributed by atoms with Gasteiger partial charge in [-0.15, -0.1) is 10.2 Å². The van der Waals surface area contributed by atoms with E-state index < -0.39 is 12.3 Å². The maximum atomic E-state index is 13.4. The predicted octanol–water partition coefficient (Wildman–Crippen LogP) is 5.66. The standard InChI is InChI=1S/C22H24F2N6O2.C21H27N5O2/c1-15-5-3-4-6-18(15)30(22(31)29-11-9-28(2)10-12-29)14-17-8-7-16(13-25-17)20-26-27-21(32-20)19(23)24;1-16-5-3-4-6-19(16)26(21(28)25-11-9-24(2)10-12-25)15-18-8-7-17(14-23-18)20(27)13-22/h3-8,13,19H,9-12,14H2,1-2H3;3-8,14H,9-13,15,22H2,1-2H3. The molecule has 5 heterocycles. The van der Waals surface area contributed by atoms with E-state index in [-0.39, 0.29) is 36.8 Å². The summed E-state index contributed by atoms with van der Waals surface area (Å²) in [6.45, 7) is 10.6. The Morgan fingerprint density at radius 2 is 1.17 bits per heavy atom. The Bertz CT molecular complexity index is 2210. The highest BCUT2D eigenvalue weighted by atomic mass is 19.3. The maximum absolute atomic E-state index is 13.4. The highest BCUT2D eigenvalue weighted by molar-refractivity contribution is 5.97. The van der Waals surface area contributed by atoms with Crippen molar-refractivity contribution in [2.75, 3.05) is 82.8 Å². The first kappa shape index (κ1) is 43.4. The number of alkyl halides is 2. The number of amides is 4. The van der Waals surface area contributed by atoms with Crippen LogP contribution in [0.25, 0.3) is 11.5 Å². The van der Waals surface area contributed by atoms with Gasteiger partial charge in [0, 0.05) is 81.7 Å². The molecule has 0 atom stereocenters. The van der Waals surface area contributed by atoms with Crippen LogP contribution in [0.1, 0.15) is 45.2 Å². The van der Waals surface area contributed by atoms with Gasteiger partial charge in [0.05, 0.1) is 36.6 Å². The first-order valence-electron chi connectivity index (χ1n) is 19.8. The fourth-order valence-electron chi connectivity index (χ4n) is 6.79. The van der Waals surface area contributed by atoms with Gasteiger partial charge >= 0.3 is 18.5 Å². The number of carbonyl (C=O) groups excluding carboxylic acids is 3. The monoisotopic (exact) mass is 823 g/mol. The van der Waals surface area contributed by atoms with Crippen molar-refractivity contribution in [2.45, 2.75) is 33.4 Å². The SMILES string of the molecule is Cc1ccccc1N(Cc1ccc(-c2nnc(C(F)F)o2)cn1)C(=O)N1CCN(C)CC1.Cc1ccccc1N(Cc1ccc(C(=O)CN)cn1)C(=O)N1CCN(C)CC1. The molecular weight excluding hydrogens is 773 g/mol. The smallest absolute Gasteiger partial charge is 0.324 e. The number of aromatic nitrogens is 4. The Labute approximate surface area is 348 Å². The lowest BCUT2D eigenvalue weighted by atomic mass is 10.1. The molecule has 0 radical (unpaired) electrons. The number of rotatable bonds is 10. The Morgan fingerprint density at radius 1 is 0.683 bits per heavy atom. The van der Waals surface area contributed by atoms with Gasteiger partial charge in [0.15, 0.2) is 5.78 Å². The molecule has 2 saturated heterocycles. The summed E-state index contributed by atoms with van der Waals surface area (Å²) in [4.78, 5) is 58.9. The number of urea groups is 2. The first-order valence-corrected chi connectivity index (χ1v) is 19.8. The first-order chi connectivity index (χ1) is 28.9. The van der Waals surface area contributed by atoms with Gasteiger partial charge in [0.25, 0.3) is 5.89 Å². The average Bonchev–Trinajstić information content (AvgIpc) is 3.77. The fraction of sp³-hybridized carbons (Fsp3) is 0.372. The van der Waals surface area contributed by atoms with E-state index in [1.807, 2.05) is 79.2 Å². The van der Waals surface area contributed by atoms with Gasteiger partial charge in [-0.1, -0.05) is 36.4 Å². The van der Waals surface area contributed by atoms with E-state index in [4.69, 9.17) is 10.2 Å². The number of Topliss-reactive ketones (excluding diaryl/α,β-unsaturated/α-hetero) is 1. The zero-order valence-electron chi connectivity index (χ0n) is 34.4. The highest BCUT2D eigenvalue weighted by Gasteiger charge is 2.28. The number of para-hydroxylation sites is 2. The summed E-state index contributed by atoms with van der Waals surface area (Å²) in [7, 11) is 4.11. The molecule has 0 unspecified atom stereocenters. The van der Waals surface area contributed by atoms with Crippen LogP contribution in [0.4, 0.5) is 29.7 Å². The minimum Gasteiger partial charge on any atom is -0.415 e. The van der Waals surface area contributed by atoms with Crippen LogP contribution in [-0.2, 0) is 13.1 Å². The molecule has 4 amide bonds. The van der Waals surface area contributed by atoms with Gasteiger partial charge in [-0.05, 0) is 75.5 Å². The second kappa shape index (κ2) is 20.2. The summed E-state index contributed by atoms with van der Waals surface area (Å²) in [6, 6.07) is 22.4. The summed E-state index contributed by atoms with van der Waals surface area (Å²) in [5, 5.41) is 6.98. The Balaban J connectivity index is 0.000000203. The van der Waals surface area contributed by atoms with Crippen molar-refractivity contribution in [1.29, 1.82) is 0 Å². The van der Waals surface area contributed by atoms with E-state index >= 15 is 0 Å². The third-order valence-corrected chi connectivity index (χ3v) is 10.5. The number of carbonyl (C=O) groups is 3. The summed E-state index contributed by atoms with van der Waals surface area (Å²) in [5.74, 6) is -0.903. The van der Waals surface area contributed by atoms with Gasteiger partial charge in [-0.25, -0.2) is 9.59 Å². The second-order valence-corrected chi connectivity index (χ2v) is 14.8. The lowest BCUT2D eigenvalue weighted by molar-refractivity contribution is 0.100. The number of likely N-dealkylation sites (N-methyl/N-ethyl adjacent to an activating group) is 2. The van der Waals surface area contributed by atoms with Crippen LogP contribution in [0.3, 0.4) is 0 Å². The molecule has 2 aromatic carbocycles. The number of ketones is 1. The van der Waals surface area contributed by atoms with Crippen LogP contribution in [0.2, 0.25) is 0 Å². The van der Waals surface area contributed by atoms with Gasteiger partial charge in [0.2, 0.25) is 5.89 Å². The average molecular weight is 824 g/mol. The number of benzene rings is 2. The summed E-state index contributed by atoms with van der Waals surface area (Å²) in [6.07, 6.45) is 0.182. The Hall–Kier alpha value is -6.17. The minimum absolute atomic E-state index is 0.0219. The van der Waals surface area contributed by atoms with Crippen molar-refractivity contribution in [3.05, 3.63) is 119 Å². The van der Waals surface area contributed by atoms with E-state index in [0.29, 0.717) is 49.5 Å². The zero-order chi connectivity index (χ0) is 42.8. The lowest BCUT2D eigenvalue weighted by Crippen LogP contribution is -2.52. The summed E-state index contributed by atoms with van der Waals surface area (Å²) < 4.78 is 30.4. The Morgan fingerprint density at radius 3 is 1.57 bits per heavy atom. The third-order valence-electron chi connectivity index (χ3n) is 10.5. The molecule has 0 spiro atoms. The van der Waals surface area contributed by atoms with Gasteiger partial charge in [0.1, 0.15) is 0 Å². The van der Waals surface area contributed by atoms with Gasteiger partial charge < -0.3 is 29.8 Å². The number of halogens is 2. The molecule has 17 heteroatoms. The van der Waals surface area contributed by atoms with E-state index in [2.05, 4.69) is 37.0 Å². The van der Waals surface area contributed by atoms with Crippen LogP contribution in [0.15, 0.2) is 89.6 Å². The topological polar surface area (TPSA) is 161 Å². The summed E-state index contributed by atoms with van der Waals surface area (Å²) in [5.41, 5.74) is 11.4. The maximum Gasteiger partial charge on any atom is 0.324 e. The van der Waals surface area contributed by atoms with Crippen molar-refractivity contribution in [3.8, 4) is 11.5 Å². The van der Waals surface area contributed by atoms with Crippen molar-refractivity contribution in [2.24, 2.45) is 5.73 Å². The molecular formula is C43H51F2N11O4. The molecule has 2 aliphatic rings. The number of aryl methyl sites for hydroxylation is 2. The highest BCUT2D eigenvalue weighted by Crippen LogP contribution is 2.27. The van der Waals surface area contributed by atoms with E-state index in [0.717, 1.165) is 54.4 Å². The number of hydrogen-bond donors (Lipinski definition) is 1. The molecule has 316 valence electrons. The number of hydrogen-bond acceptors (Lipinski definition) is 11. The number of pyridine rings is 2. The van der Waals surface area contributed by atoms with E-state index in [1.54, 1.807) is 34.1 Å². The number of piperazine rings is 2. The van der Waals surface area contributed by atoms with Crippen LogP contribution < -0.4 is 15.5 Å². The van der Waals surface area contributed by atoms with Crippen LogP contribution >= 0.6 is 0 Å². The molecule has 7 rings (SSSR count). The molecule has 3 aromatic heterocycles. The molecule has 5 aromatic rings. The van der Waals surface area contributed by atoms with Crippen molar-refractivity contribution < 1.29 is 27.6 Å². The zero-order valence-corrected chi connectivity index (χ0v) is 34.4. The van der Waals surface area contributed by atoms with Crippen molar-refractivity contribution in [1.82, 2.24) is 39.8 Å². The van der Waals surface area contributed by atoms with Gasteiger partial charge in [-0.2, -0.15) is 8.78 Å². The molecule has 2 fully saturated rings. The van der Waals surface area contributed by atoms with Crippen molar-refractivity contribution >= 4 is 29.2 Å². The lowest BCUT2D eigenvalue weighted by Gasteiger charge is -2.36. The quantitative estimate of drug-likeness (QED) is 0.173. The largest absolute Gasteiger partial charge is 0.415 e. The van der Waals surface area contributed by atoms with Gasteiger partial charge in [-0.3, -0.25) is 24.6 Å². The fourth-order valence-corrected chi connectivity index (χ4v) is 6.79. The molecule has 60 heavy (non-hydrogen) atoms. The number of anilines is 2. The molecule has 0 bridgehead atoms.